The van der Waals surface area contributed by atoms with E-state index in [2.05, 4.69) is 9.72 Å². The standard InChI is InChI=1S/C14H16F3N3O/c15-14(16,17)21-12-5-3-11(4-6-12)13(2-1-7-18)20-9-8-19-10-20/h3-6,8-10,13H,1-2,7,18H2. The highest BCUT2D eigenvalue weighted by Crippen LogP contribution is 2.27. The molecule has 0 saturated carbocycles. The third kappa shape index (κ3) is 4.49. The van der Waals surface area contributed by atoms with Gasteiger partial charge in [0, 0.05) is 12.4 Å². The van der Waals surface area contributed by atoms with Gasteiger partial charge in [-0.15, -0.1) is 13.2 Å². The second kappa shape index (κ2) is 6.62. The van der Waals surface area contributed by atoms with Gasteiger partial charge in [0.25, 0.3) is 0 Å². The van der Waals surface area contributed by atoms with Crippen molar-refractivity contribution in [2.75, 3.05) is 6.54 Å². The summed E-state index contributed by atoms with van der Waals surface area (Å²) < 4.78 is 42.2. The van der Waals surface area contributed by atoms with Crippen LogP contribution in [0.2, 0.25) is 0 Å². The number of ether oxygens (including phenoxy) is 1. The van der Waals surface area contributed by atoms with Gasteiger partial charge in [-0.05, 0) is 37.1 Å². The maximum Gasteiger partial charge on any atom is 0.573 e. The van der Waals surface area contributed by atoms with Crippen LogP contribution in [0.5, 0.6) is 5.75 Å². The van der Waals surface area contributed by atoms with Crippen LogP contribution in [0.25, 0.3) is 0 Å². The molecular weight excluding hydrogens is 283 g/mol. The summed E-state index contributed by atoms with van der Waals surface area (Å²) in [5, 5.41) is 0. The predicted molar refractivity (Wildman–Crippen MR) is 71.8 cm³/mol. The first-order valence-corrected chi connectivity index (χ1v) is 6.53. The van der Waals surface area contributed by atoms with Gasteiger partial charge in [0.1, 0.15) is 5.75 Å². The maximum absolute atomic E-state index is 12.1. The van der Waals surface area contributed by atoms with Crippen molar-refractivity contribution in [3.63, 3.8) is 0 Å². The molecule has 0 aliphatic rings. The largest absolute Gasteiger partial charge is 0.573 e. The van der Waals surface area contributed by atoms with Crippen LogP contribution in [0.3, 0.4) is 0 Å². The van der Waals surface area contributed by atoms with Gasteiger partial charge in [-0.25, -0.2) is 4.98 Å². The molecule has 0 saturated heterocycles. The van der Waals surface area contributed by atoms with Crippen molar-refractivity contribution in [1.82, 2.24) is 9.55 Å². The van der Waals surface area contributed by atoms with Crippen molar-refractivity contribution in [3.8, 4) is 5.75 Å². The minimum Gasteiger partial charge on any atom is -0.406 e. The molecule has 2 N–H and O–H groups in total. The number of hydrogen-bond donors (Lipinski definition) is 1. The molecule has 2 rings (SSSR count). The van der Waals surface area contributed by atoms with E-state index in [0.29, 0.717) is 6.54 Å². The Kier molecular flexibility index (Phi) is 4.85. The maximum atomic E-state index is 12.1. The Morgan fingerprint density at radius 1 is 1.24 bits per heavy atom. The minimum absolute atomic E-state index is 0.00372. The lowest BCUT2D eigenvalue weighted by molar-refractivity contribution is -0.274. The number of benzene rings is 1. The molecule has 1 unspecified atom stereocenters. The van der Waals surface area contributed by atoms with E-state index in [1.807, 2.05) is 10.8 Å². The summed E-state index contributed by atoms with van der Waals surface area (Å²) in [7, 11) is 0. The van der Waals surface area contributed by atoms with Crippen molar-refractivity contribution in [2.24, 2.45) is 5.73 Å². The van der Waals surface area contributed by atoms with E-state index in [9.17, 15) is 13.2 Å². The number of nitrogens with two attached hydrogens (primary N) is 1. The van der Waals surface area contributed by atoms with Crippen LogP contribution in [0.4, 0.5) is 13.2 Å². The van der Waals surface area contributed by atoms with E-state index in [1.165, 1.54) is 12.1 Å². The molecule has 0 aliphatic heterocycles. The third-order valence-electron chi connectivity index (χ3n) is 3.06. The Morgan fingerprint density at radius 2 is 1.95 bits per heavy atom. The fraction of sp³-hybridized carbons (Fsp3) is 0.357. The molecule has 0 fully saturated rings. The summed E-state index contributed by atoms with van der Waals surface area (Å²) in [5.41, 5.74) is 6.42. The van der Waals surface area contributed by atoms with Gasteiger partial charge in [-0.1, -0.05) is 12.1 Å². The molecule has 114 valence electrons. The molecule has 0 amide bonds. The topological polar surface area (TPSA) is 53.1 Å². The lowest BCUT2D eigenvalue weighted by atomic mass is 10.0. The molecule has 1 heterocycles. The monoisotopic (exact) mass is 299 g/mol. The summed E-state index contributed by atoms with van der Waals surface area (Å²) in [4.78, 5) is 4.00. The highest BCUT2D eigenvalue weighted by Gasteiger charge is 2.31. The number of halogens is 3. The molecule has 4 nitrogen and oxygen atoms in total. The van der Waals surface area contributed by atoms with Crippen LogP contribution < -0.4 is 10.5 Å². The third-order valence-corrected chi connectivity index (χ3v) is 3.06. The lowest BCUT2D eigenvalue weighted by Gasteiger charge is -2.19. The SMILES string of the molecule is NCCCC(c1ccc(OC(F)(F)F)cc1)n1ccnc1. The molecule has 0 aliphatic carbocycles. The summed E-state index contributed by atoms with van der Waals surface area (Å²) in [6, 6.07) is 5.88. The Bertz CT molecular complexity index is 538. The van der Waals surface area contributed by atoms with Crippen LogP contribution in [0.15, 0.2) is 43.0 Å². The second-order valence-corrected chi connectivity index (χ2v) is 4.57. The first-order valence-electron chi connectivity index (χ1n) is 6.53. The van der Waals surface area contributed by atoms with Gasteiger partial charge >= 0.3 is 6.36 Å². The first kappa shape index (κ1) is 15.4. The van der Waals surface area contributed by atoms with E-state index >= 15 is 0 Å². The number of alkyl halides is 3. The number of rotatable bonds is 6. The van der Waals surface area contributed by atoms with Crippen LogP contribution in [0.1, 0.15) is 24.4 Å². The first-order chi connectivity index (χ1) is 9.99. The summed E-state index contributed by atoms with van der Waals surface area (Å²) in [5.74, 6) is -0.227. The number of aromatic nitrogens is 2. The van der Waals surface area contributed by atoms with Gasteiger partial charge < -0.3 is 15.0 Å². The van der Waals surface area contributed by atoms with Gasteiger partial charge in [0.15, 0.2) is 0 Å². The van der Waals surface area contributed by atoms with Gasteiger partial charge in [-0.3, -0.25) is 0 Å². The van der Waals surface area contributed by atoms with Crippen molar-refractivity contribution in [1.29, 1.82) is 0 Å². The smallest absolute Gasteiger partial charge is 0.406 e. The highest BCUT2D eigenvalue weighted by molar-refractivity contribution is 5.29. The zero-order chi connectivity index (χ0) is 15.3. The Labute approximate surface area is 120 Å². The molecule has 1 aromatic carbocycles. The Balaban J connectivity index is 2.17. The molecule has 2 aromatic rings. The summed E-state index contributed by atoms with van der Waals surface area (Å²) in [6.45, 7) is 0.556. The number of nitrogens with zero attached hydrogens (tertiary/aromatic N) is 2. The molecule has 21 heavy (non-hydrogen) atoms. The molecule has 1 aromatic heterocycles. The molecule has 0 radical (unpaired) electrons. The zero-order valence-corrected chi connectivity index (χ0v) is 11.3. The molecule has 7 heteroatoms. The van der Waals surface area contributed by atoms with E-state index in [-0.39, 0.29) is 11.8 Å². The summed E-state index contributed by atoms with van der Waals surface area (Å²) in [6.07, 6.45) is 2.08. The fourth-order valence-corrected chi connectivity index (χ4v) is 2.14. The molecule has 1 atom stereocenters. The quantitative estimate of drug-likeness (QED) is 0.891. The number of imidazole rings is 1. The van der Waals surface area contributed by atoms with Crippen molar-refractivity contribution in [3.05, 3.63) is 48.5 Å². The molecule has 0 spiro atoms. The normalized spacial score (nSPS) is 13.1. The van der Waals surface area contributed by atoms with Crippen molar-refractivity contribution in [2.45, 2.75) is 25.2 Å². The average Bonchev–Trinajstić information content (AvgIpc) is 2.93. The minimum atomic E-state index is -4.68. The van der Waals surface area contributed by atoms with Crippen LogP contribution in [0, 0.1) is 0 Å². The van der Waals surface area contributed by atoms with Gasteiger partial charge in [0.05, 0.1) is 12.4 Å². The average molecular weight is 299 g/mol. The van der Waals surface area contributed by atoms with E-state index in [1.54, 1.807) is 24.7 Å². The predicted octanol–water partition coefficient (Wildman–Crippen LogP) is 3.11. The number of hydrogen-bond acceptors (Lipinski definition) is 3. The van der Waals surface area contributed by atoms with Crippen LogP contribution in [-0.2, 0) is 0 Å². The van der Waals surface area contributed by atoms with E-state index < -0.39 is 6.36 Å². The Morgan fingerprint density at radius 3 is 2.48 bits per heavy atom. The van der Waals surface area contributed by atoms with E-state index in [4.69, 9.17) is 5.73 Å². The molecular formula is C14H16F3N3O. The summed E-state index contributed by atoms with van der Waals surface area (Å²) >= 11 is 0. The van der Waals surface area contributed by atoms with Gasteiger partial charge in [0.2, 0.25) is 0 Å². The molecule has 0 bridgehead atoms. The van der Waals surface area contributed by atoms with Gasteiger partial charge in [-0.2, -0.15) is 0 Å². The Hall–Kier alpha value is -2.02. The fourth-order valence-electron chi connectivity index (χ4n) is 2.14. The highest BCUT2D eigenvalue weighted by atomic mass is 19.4. The second-order valence-electron chi connectivity index (χ2n) is 4.57. The van der Waals surface area contributed by atoms with Crippen molar-refractivity contribution >= 4 is 0 Å². The van der Waals surface area contributed by atoms with Crippen molar-refractivity contribution < 1.29 is 17.9 Å². The zero-order valence-electron chi connectivity index (χ0n) is 11.3. The lowest BCUT2D eigenvalue weighted by Crippen LogP contribution is -2.17. The van der Waals surface area contributed by atoms with Crippen LogP contribution in [-0.4, -0.2) is 22.5 Å². The van der Waals surface area contributed by atoms with E-state index in [0.717, 1.165) is 18.4 Å². The van der Waals surface area contributed by atoms with Crippen LogP contribution >= 0.6 is 0 Å².